The third-order valence-electron chi connectivity index (χ3n) is 4.67. The number of unbranched alkanes of at least 4 members (excludes halogenated alkanes) is 1. The van der Waals surface area contributed by atoms with Gasteiger partial charge in [-0.3, -0.25) is 4.79 Å². The molecular formula is C23H23N3O3S. The summed E-state index contributed by atoms with van der Waals surface area (Å²) < 4.78 is 5.25. The minimum atomic E-state index is -0.596. The fraction of sp³-hybridized carbons (Fsp3) is 0.261. The second kappa shape index (κ2) is 9.99. The molecule has 2 aromatic rings. The molecule has 0 atom stereocenters. The number of nitriles is 1. The third kappa shape index (κ3) is 4.66. The number of hydrogen-bond donors (Lipinski definition) is 1. The Morgan fingerprint density at radius 2 is 1.90 bits per heavy atom. The van der Waals surface area contributed by atoms with Crippen molar-refractivity contribution in [3.05, 3.63) is 64.7 Å². The summed E-state index contributed by atoms with van der Waals surface area (Å²) in [5.41, 5.74) is 1.96. The number of nitrogens with zero attached hydrogens (tertiary/aromatic N) is 2. The van der Waals surface area contributed by atoms with Gasteiger partial charge in [0, 0.05) is 24.2 Å². The second-order valence-electron chi connectivity index (χ2n) is 6.75. The van der Waals surface area contributed by atoms with Crippen molar-refractivity contribution < 1.29 is 14.3 Å². The molecule has 154 valence electrons. The van der Waals surface area contributed by atoms with Gasteiger partial charge in [-0.15, -0.1) is 0 Å². The van der Waals surface area contributed by atoms with Gasteiger partial charge in [-0.1, -0.05) is 49.4 Å². The van der Waals surface area contributed by atoms with E-state index < -0.39 is 18.4 Å². The van der Waals surface area contributed by atoms with Crippen LogP contribution in [0.15, 0.2) is 64.0 Å². The van der Waals surface area contributed by atoms with E-state index >= 15 is 0 Å². The van der Waals surface area contributed by atoms with Crippen molar-refractivity contribution in [2.45, 2.75) is 24.7 Å². The summed E-state index contributed by atoms with van der Waals surface area (Å²) in [6.45, 7) is 2.35. The van der Waals surface area contributed by atoms with E-state index in [1.54, 1.807) is 18.2 Å². The number of carbonyl (C=O) groups excluding carboxylic acids is 2. The number of Topliss-reactive ketones (excluding diaryl/α,β-unsaturated/α-hetero) is 1. The molecule has 0 fully saturated rings. The molecule has 1 aliphatic rings. The first-order chi connectivity index (χ1) is 14.6. The number of rotatable bonds is 8. The van der Waals surface area contributed by atoms with Crippen molar-refractivity contribution in [1.82, 2.24) is 0 Å². The van der Waals surface area contributed by atoms with Gasteiger partial charge in [0.15, 0.2) is 6.61 Å². The van der Waals surface area contributed by atoms with Gasteiger partial charge in [0.2, 0.25) is 5.78 Å². The van der Waals surface area contributed by atoms with E-state index in [1.807, 2.05) is 48.3 Å². The lowest BCUT2D eigenvalue weighted by Gasteiger charge is -2.15. The minimum Gasteiger partial charge on any atom is -0.454 e. The lowest BCUT2D eigenvalue weighted by molar-refractivity contribution is -0.118. The molecule has 7 heteroatoms. The highest BCUT2D eigenvalue weighted by atomic mass is 32.2. The molecule has 1 heterocycles. The van der Waals surface area contributed by atoms with Crippen molar-refractivity contribution in [2.24, 2.45) is 0 Å². The smallest absolute Gasteiger partial charge is 0.340 e. The molecule has 6 nitrogen and oxygen atoms in total. The van der Waals surface area contributed by atoms with Crippen molar-refractivity contribution in [3.8, 4) is 6.07 Å². The highest BCUT2D eigenvalue weighted by Crippen LogP contribution is 2.46. The first-order valence-electron chi connectivity index (χ1n) is 9.75. The Kier molecular flexibility index (Phi) is 7.15. The molecule has 1 N–H and O–H groups in total. The van der Waals surface area contributed by atoms with Crippen LogP contribution in [0.25, 0.3) is 0 Å². The summed E-state index contributed by atoms with van der Waals surface area (Å²) in [7, 11) is 1.81. The predicted octanol–water partition coefficient (Wildman–Crippen LogP) is 4.60. The first-order valence-corrected chi connectivity index (χ1v) is 10.6. The minimum absolute atomic E-state index is 0.0131. The monoisotopic (exact) mass is 421 g/mol. The number of esters is 1. The summed E-state index contributed by atoms with van der Waals surface area (Å²) in [6, 6.07) is 16.7. The summed E-state index contributed by atoms with van der Waals surface area (Å²) in [6.07, 6.45) is 2.02. The fourth-order valence-electron chi connectivity index (χ4n) is 3.05. The van der Waals surface area contributed by atoms with Gasteiger partial charge in [0.05, 0.1) is 11.3 Å². The zero-order valence-corrected chi connectivity index (χ0v) is 17.8. The summed E-state index contributed by atoms with van der Waals surface area (Å²) >= 11 is 1.36. The molecule has 0 radical (unpaired) electrons. The van der Waals surface area contributed by atoms with Crippen molar-refractivity contribution >= 4 is 34.9 Å². The first kappa shape index (κ1) is 21.5. The maximum absolute atomic E-state index is 12.7. The highest BCUT2D eigenvalue weighted by Gasteiger charge is 2.28. The molecule has 0 aliphatic carbocycles. The Morgan fingerprint density at radius 1 is 1.17 bits per heavy atom. The third-order valence-corrected chi connectivity index (χ3v) is 5.91. The van der Waals surface area contributed by atoms with Gasteiger partial charge in [0.1, 0.15) is 16.7 Å². The zero-order chi connectivity index (χ0) is 21.5. The van der Waals surface area contributed by atoms with Crippen LogP contribution in [0.4, 0.5) is 11.4 Å². The van der Waals surface area contributed by atoms with E-state index in [4.69, 9.17) is 4.74 Å². The Balaban J connectivity index is 1.70. The maximum atomic E-state index is 12.7. The number of nitrogens with one attached hydrogen (secondary N) is 1. The number of para-hydroxylation sites is 2. The van der Waals surface area contributed by atoms with E-state index in [0.717, 1.165) is 30.0 Å². The molecule has 0 saturated carbocycles. The predicted molar refractivity (Wildman–Crippen MR) is 118 cm³/mol. The SMILES string of the molecule is CCCCNc1ccccc1C(=O)OCC(=O)/C(C#N)=C1\Sc2ccccc2N1C. The van der Waals surface area contributed by atoms with Gasteiger partial charge in [-0.25, -0.2) is 4.79 Å². The van der Waals surface area contributed by atoms with Gasteiger partial charge in [-0.2, -0.15) is 5.26 Å². The number of ether oxygens (including phenoxy) is 1. The van der Waals surface area contributed by atoms with E-state index in [0.29, 0.717) is 16.3 Å². The molecule has 0 spiro atoms. The molecule has 1 aliphatic heterocycles. The van der Waals surface area contributed by atoms with Crippen LogP contribution in [0, 0.1) is 11.3 Å². The van der Waals surface area contributed by atoms with Crippen LogP contribution in [-0.4, -0.2) is 32.0 Å². The Labute approximate surface area is 180 Å². The number of anilines is 2. The summed E-state index contributed by atoms with van der Waals surface area (Å²) in [4.78, 5) is 28.0. The molecule has 3 rings (SSSR count). The number of carbonyl (C=O) groups is 2. The maximum Gasteiger partial charge on any atom is 0.340 e. The van der Waals surface area contributed by atoms with E-state index in [2.05, 4.69) is 12.2 Å². The lowest BCUT2D eigenvalue weighted by atomic mass is 10.1. The van der Waals surface area contributed by atoms with E-state index in [1.165, 1.54) is 11.8 Å². The van der Waals surface area contributed by atoms with E-state index in [-0.39, 0.29) is 5.57 Å². The Hall–Kier alpha value is -3.24. The van der Waals surface area contributed by atoms with Gasteiger partial charge >= 0.3 is 5.97 Å². The molecule has 0 saturated heterocycles. The van der Waals surface area contributed by atoms with Crippen molar-refractivity contribution in [1.29, 1.82) is 5.26 Å². The lowest BCUT2D eigenvalue weighted by Crippen LogP contribution is -2.20. The number of fused-ring (bicyclic) bond motifs is 1. The second-order valence-corrected chi connectivity index (χ2v) is 7.78. The number of thioether (sulfide) groups is 1. The molecule has 0 aromatic heterocycles. The molecule has 30 heavy (non-hydrogen) atoms. The van der Waals surface area contributed by atoms with Gasteiger partial charge in [-0.05, 0) is 30.7 Å². The highest BCUT2D eigenvalue weighted by molar-refractivity contribution is 8.03. The van der Waals surface area contributed by atoms with Crippen LogP contribution in [0.2, 0.25) is 0 Å². The van der Waals surface area contributed by atoms with Crippen LogP contribution in [0.3, 0.4) is 0 Å². The number of ketones is 1. The fourth-order valence-corrected chi connectivity index (χ4v) is 4.21. The van der Waals surface area contributed by atoms with Gasteiger partial charge in [0.25, 0.3) is 0 Å². The van der Waals surface area contributed by atoms with Crippen molar-refractivity contribution in [3.63, 3.8) is 0 Å². The average Bonchev–Trinajstić information content (AvgIpc) is 3.09. The van der Waals surface area contributed by atoms with Crippen molar-refractivity contribution in [2.75, 3.05) is 30.4 Å². The molecule has 0 amide bonds. The van der Waals surface area contributed by atoms with Crippen LogP contribution >= 0.6 is 11.8 Å². The molecule has 0 unspecified atom stereocenters. The summed E-state index contributed by atoms with van der Waals surface area (Å²) in [5, 5.41) is 13.3. The van der Waals surface area contributed by atoms with Crippen LogP contribution < -0.4 is 10.2 Å². The molecule has 0 bridgehead atoms. The summed E-state index contributed by atoms with van der Waals surface area (Å²) in [5.74, 6) is -1.12. The number of hydrogen-bond acceptors (Lipinski definition) is 7. The normalized spacial score (nSPS) is 14.0. The Morgan fingerprint density at radius 3 is 2.63 bits per heavy atom. The topological polar surface area (TPSA) is 82.4 Å². The van der Waals surface area contributed by atoms with Crippen LogP contribution in [0.5, 0.6) is 0 Å². The van der Waals surface area contributed by atoms with Crippen LogP contribution in [0.1, 0.15) is 30.1 Å². The Bertz CT molecular complexity index is 1030. The van der Waals surface area contributed by atoms with Gasteiger partial charge < -0.3 is 15.0 Å². The quantitative estimate of drug-likeness (QED) is 0.289. The molecule has 2 aromatic carbocycles. The van der Waals surface area contributed by atoms with Crippen LogP contribution in [-0.2, 0) is 9.53 Å². The zero-order valence-electron chi connectivity index (χ0n) is 17.0. The largest absolute Gasteiger partial charge is 0.454 e. The molecular weight excluding hydrogens is 398 g/mol. The van der Waals surface area contributed by atoms with E-state index in [9.17, 15) is 14.9 Å². The standard InChI is InChI=1S/C23H23N3O3S/c1-3-4-13-25-18-10-6-5-9-16(18)23(28)29-15-20(27)17(14-24)22-26(2)19-11-7-8-12-21(19)30-22/h5-12,25H,3-4,13,15H2,1-2H3/b22-17-. The average molecular weight is 422 g/mol. The number of benzene rings is 2.